The van der Waals surface area contributed by atoms with Crippen molar-refractivity contribution in [3.05, 3.63) is 0 Å². The summed E-state index contributed by atoms with van der Waals surface area (Å²) in [6, 6.07) is 0. The van der Waals surface area contributed by atoms with Gasteiger partial charge in [0.05, 0.1) is 12.7 Å². The van der Waals surface area contributed by atoms with Crippen LogP contribution in [0, 0.1) is 11.3 Å². The summed E-state index contributed by atoms with van der Waals surface area (Å²) >= 11 is 0. The Morgan fingerprint density at radius 2 is 2.17 bits per heavy atom. The topological polar surface area (TPSA) is 52.5 Å². The van der Waals surface area contributed by atoms with Crippen LogP contribution in [0.5, 0.6) is 0 Å². The van der Waals surface area contributed by atoms with Crippen molar-refractivity contribution in [1.82, 2.24) is 5.32 Å². The van der Waals surface area contributed by atoms with E-state index in [1.807, 2.05) is 0 Å². The lowest BCUT2D eigenvalue weighted by Crippen LogP contribution is -2.31. The van der Waals surface area contributed by atoms with E-state index in [1.54, 1.807) is 0 Å². The minimum atomic E-state index is -0.605. The molecular weight excluding hydrogens is 154 g/mol. The lowest BCUT2D eigenvalue weighted by atomic mass is 10.1. The molecule has 0 aromatic rings. The van der Waals surface area contributed by atoms with Crippen LogP contribution in [0.15, 0.2) is 0 Å². The summed E-state index contributed by atoms with van der Waals surface area (Å²) in [7, 11) is 0. The standard InChI is InChI=1S/C9H19NO2/c1-9(2)3-7(9)4-10-5-8(12)6-11/h7-8,10-12H,3-6H2,1-2H3/t7?,8-/m0/s1. The molecule has 1 saturated carbocycles. The molecular formula is C9H19NO2. The molecule has 3 N–H and O–H groups in total. The number of rotatable bonds is 5. The third-order valence-corrected chi connectivity index (χ3v) is 2.70. The quantitative estimate of drug-likeness (QED) is 0.547. The molecule has 0 bridgehead atoms. The van der Waals surface area contributed by atoms with Crippen LogP contribution in [0.1, 0.15) is 20.3 Å². The fraction of sp³-hybridized carbons (Fsp3) is 1.00. The van der Waals surface area contributed by atoms with Gasteiger partial charge in [0.25, 0.3) is 0 Å². The summed E-state index contributed by atoms with van der Waals surface area (Å²) < 4.78 is 0. The van der Waals surface area contributed by atoms with Gasteiger partial charge in [-0.25, -0.2) is 0 Å². The molecule has 0 saturated heterocycles. The fourth-order valence-electron chi connectivity index (χ4n) is 1.41. The minimum Gasteiger partial charge on any atom is -0.394 e. The highest BCUT2D eigenvalue weighted by atomic mass is 16.3. The van der Waals surface area contributed by atoms with E-state index in [0.717, 1.165) is 12.5 Å². The van der Waals surface area contributed by atoms with Crippen LogP contribution >= 0.6 is 0 Å². The highest BCUT2D eigenvalue weighted by molar-refractivity contribution is 4.96. The molecule has 1 rings (SSSR count). The van der Waals surface area contributed by atoms with Gasteiger partial charge in [-0.2, -0.15) is 0 Å². The zero-order chi connectivity index (χ0) is 9.19. The third kappa shape index (κ3) is 2.73. The Hall–Kier alpha value is -0.120. The van der Waals surface area contributed by atoms with E-state index in [0.29, 0.717) is 12.0 Å². The Kier molecular flexibility index (Phi) is 3.09. The van der Waals surface area contributed by atoms with Crippen molar-refractivity contribution in [3.63, 3.8) is 0 Å². The van der Waals surface area contributed by atoms with Crippen molar-refractivity contribution in [1.29, 1.82) is 0 Å². The van der Waals surface area contributed by atoms with Crippen molar-refractivity contribution in [2.45, 2.75) is 26.4 Å². The number of hydrogen-bond acceptors (Lipinski definition) is 3. The summed E-state index contributed by atoms with van der Waals surface area (Å²) in [4.78, 5) is 0. The van der Waals surface area contributed by atoms with E-state index >= 15 is 0 Å². The maximum atomic E-state index is 9.01. The van der Waals surface area contributed by atoms with Crippen molar-refractivity contribution >= 4 is 0 Å². The van der Waals surface area contributed by atoms with E-state index in [1.165, 1.54) is 6.42 Å². The second-order valence-electron chi connectivity index (χ2n) is 4.38. The Labute approximate surface area is 73.8 Å². The van der Waals surface area contributed by atoms with Crippen molar-refractivity contribution in [2.75, 3.05) is 19.7 Å². The second kappa shape index (κ2) is 3.73. The SMILES string of the molecule is CC1(C)CC1CNC[C@H](O)CO. The average Bonchev–Trinajstić information content (AvgIpc) is 2.59. The van der Waals surface area contributed by atoms with Crippen LogP contribution in [0.4, 0.5) is 0 Å². The molecule has 12 heavy (non-hydrogen) atoms. The smallest absolute Gasteiger partial charge is 0.0894 e. The molecule has 72 valence electrons. The number of nitrogens with one attached hydrogen (secondary N) is 1. The molecule has 0 heterocycles. The summed E-state index contributed by atoms with van der Waals surface area (Å²) in [6.45, 7) is 5.82. The minimum absolute atomic E-state index is 0.152. The van der Waals surface area contributed by atoms with Crippen molar-refractivity contribution in [2.24, 2.45) is 11.3 Å². The van der Waals surface area contributed by atoms with Crippen LogP contribution in [-0.2, 0) is 0 Å². The van der Waals surface area contributed by atoms with E-state index < -0.39 is 6.10 Å². The zero-order valence-electron chi connectivity index (χ0n) is 7.88. The first kappa shape index (κ1) is 9.96. The lowest BCUT2D eigenvalue weighted by Gasteiger charge is -2.09. The normalized spacial score (nSPS) is 28.5. The van der Waals surface area contributed by atoms with Gasteiger partial charge in [-0.15, -0.1) is 0 Å². The van der Waals surface area contributed by atoms with Crippen LogP contribution in [0.2, 0.25) is 0 Å². The first-order valence-corrected chi connectivity index (χ1v) is 4.56. The number of aliphatic hydroxyl groups excluding tert-OH is 2. The van der Waals surface area contributed by atoms with E-state index in [-0.39, 0.29) is 6.61 Å². The largest absolute Gasteiger partial charge is 0.394 e. The molecule has 1 unspecified atom stereocenters. The Morgan fingerprint density at radius 3 is 2.58 bits per heavy atom. The van der Waals surface area contributed by atoms with E-state index in [2.05, 4.69) is 19.2 Å². The van der Waals surface area contributed by atoms with Gasteiger partial charge >= 0.3 is 0 Å². The zero-order valence-corrected chi connectivity index (χ0v) is 7.88. The first-order valence-electron chi connectivity index (χ1n) is 4.56. The summed E-state index contributed by atoms with van der Waals surface area (Å²) in [5.74, 6) is 0.753. The van der Waals surface area contributed by atoms with Gasteiger partial charge < -0.3 is 15.5 Å². The molecule has 0 aromatic heterocycles. The maximum Gasteiger partial charge on any atom is 0.0894 e. The van der Waals surface area contributed by atoms with Crippen LogP contribution in [-0.4, -0.2) is 36.0 Å². The van der Waals surface area contributed by atoms with Gasteiger partial charge in [-0.1, -0.05) is 13.8 Å². The maximum absolute atomic E-state index is 9.01. The van der Waals surface area contributed by atoms with E-state index in [4.69, 9.17) is 10.2 Å². The van der Waals surface area contributed by atoms with Crippen molar-refractivity contribution < 1.29 is 10.2 Å². The summed E-state index contributed by atoms with van der Waals surface area (Å²) in [5.41, 5.74) is 0.497. The molecule has 0 amide bonds. The average molecular weight is 173 g/mol. The molecule has 2 atom stereocenters. The first-order chi connectivity index (χ1) is 5.56. The Morgan fingerprint density at radius 1 is 1.58 bits per heavy atom. The van der Waals surface area contributed by atoms with Crippen LogP contribution in [0.25, 0.3) is 0 Å². The van der Waals surface area contributed by atoms with Crippen molar-refractivity contribution in [3.8, 4) is 0 Å². The van der Waals surface area contributed by atoms with Crippen LogP contribution < -0.4 is 5.32 Å². The molecule has 0 aromatic carbocycles. The Bertz CT molecular complexity index is 147. The molecule has 0 radical (unpaired) electrons. The number of hydrogen-bond donors (Lipinski definition) is 3. The van der Waals surface area contributed by atoms with Gasteiger partial charge in [-0.3, -0.25) is 0 Å². The van der Waals surface area contributed by atoms with E-state index in [9.17, 15) is 0 Å². The summed E-state index contributed by atoms with van der Waals surface area (Å²) in [5, 5.41) is 20.7. The van der Waals surface area contributed by atoms with Gasteiger partial charge in [0.15, 0.2) is 0 Å². The van der Waals surface area contributed by atoms with Gasteiger partial charge in [0, 0.05) is 6.54 Å². The highest BCUT2D eigenvalue weighted by Crippen LogP contribution is 2.50. The number of aliphatic hydroxyl groups is 2. The molecule has 1 aliphatic rings. The van der Waals surface area contributed by atoms with Crippen LogP contribution in [0.3, 0.4) is 0 Å². The second-order valence-corrected chi connectivity index (χ2v) is 4.38. The molecule has 1 aliphatic carbocycles. The van der Waals surface area contributed by atoms with Gasteiger partial charge in [0.1, 0.15) is 0 Å². The van der Waals surface area contributed by atoms with Gasteiger partial charge in [-0.05, 0) is 24.3 Å². The monoisotopic (exact) mass is 173 g/mol. The Balaban J connectivity index is 1.98. The lowest BCUT2D eigenvalue weighted by molar-refractivity contribution is 0.0941. The predicted octanol–water partition coefficient (Wildman–Crippen LogP) is -0.0247. The fourth-order valence-corrected chi connectivity index (χ4v) is 1.41. The third-order valence-electron chi connectivity index (χ3n) is 2.70. The molecule has 3 nitrogen and oxygen atoms in total. The molecule has 1 fully saturated rings. The predicted molar refractivity (Wildman–Crippen MR) is 47.9 cm³/mol. The summed E-state index contributed by atoms with van der Waals surface area (Å²) in [6.07, 6.45) is 0.668. The molecule has 0 aliphatic heterocycles. The highest BCUT2D eigenvalue weighted by Gasteiger charge is 2.44. The molecule has 0 spiro atoms. The molecule has 3 heteroatoms. The van der Waals surface area contributed by atoms with Gasteiger partial charge in [0.2, 0.25) is 0 Å².